The number of halogens is 1. The minimum Gasteiger partial charge on any atom is -0.479 e. The summed E-state index contributed by atoms with van der Waals surface area (Å²) in [6, 6.07) is 0. The first-order valence-corrected chi connectivity index (χ1v) is 8.11. The Morgan fingerprint density at radius 2 is 2.00 bits per heavy atom. The summed E-state index contributed by atoms with van der Waals surface area (Å²) in [5.74, 6) is -3.29. The summed E-state index contributed by atoms with van der Waals surface area (Å²) < 4.78 is 0. The molecule has 0 aromatic carbocycles. The van der Waals surface area contributed by atoms with Crippen molar-refractivity contribution in [2.75, 3.05) is 5.88 Å². The fourth-order valence-corrected chi connectivity index (χ4v) is 3.83. The summed E-state index contributed by atoms with van der Waals surface area (Å²) in [5, 5.41) is 12.2. The van der Waals surface area contributed by atoms with E-state index in [4.69, 9.17) is 11.6 Å². The highest BCUT2D eigenvalue weighted by atomic mass is 35.5. The molecule has 1 aliphatic carbocycles. The molecule has 0 aromatic heterocycles. The van der Waals surface area contributed by atoms with Gasteiger partial charge in [0.05, 0.1) is 0 Å². The Kier molecular flexibility index (Phi) is 4.66. The van der Waals surface area contributed by atoms with Crippen molar-refractivity contribution < 1.29 is 24.3 Å². The second kappa shape index (κ2) is 6.07. The lowest BCUT2D eigenvalue weighted by atomic mass is 9.63. The van der Waals surface area contributed by atoms with Crippen LogP contribution in [-0.4, -0.2) is 40.0 Å². The molecule has 1 amide bonds. The third kappa shape index (κ3) is 2.59. The van der Waals surface area contributed by atoms with Gasteiger partial charge in [0, 0.05) is 29.2 Å². The van der Waals surface area contributed by atoms with E-state index in [1.807, 2.05) is 0 Å². The standard InChI is InChI=1S/C16H20ClNO5/c1-15(2)11(6-7-17)13(21)18-16(15,14(22)23)12(20)9-4-3-5-10(19)8-9/h8,11H,3-7H2,1-2H3,(H,18,21)(H,22,23)/t11-,16-/m0/s1. The molecule has 1 saturated heterocycles. The van der Waals surface area contributed by atoms with E-state index in [0.29, 0.717) is 19.3 Å². The summed E-state index contributed by atoms with van der Waals surface area (Å²) in [6.07, 6.45) is 2.69. The van der Waals surface area contributed by atoms with Crippen LogP contribution in [0.15, 0.2) is 11.6 Å². The first-order valence-electron chi connectivity index (χ1n) is 7.58. The predicted molar refractivity (Wildman–Crippen MR) is 83.1 cm³/mol. The number of hydrogen-bond acceptors (Lipinski definition) is 4. The van der Waals surface area contributed by atoms with Gasteiger partial charge in [0.1, 0.15) is 0 Å². The normalized spacial score (nSPS) is 29.9. The number of nitrogens with one attached hydrogen (secondary N) is 1. The van der Waals surface area contributed by atoms with Crippen molar-refractivity contribution in [1.29, 1.82) is 0 Å². The summed E-state index contributed by atoms with van der Waals surface area (Å²) in [7, 11) is 0. The molecule has 23 heavy (non-hydrogen) atoms. The van der Waals surface area contributed by atoms with Crippen molar-refractivity contribution in [1.82, 2.24) is 5.32 Å². The van der Waals surface area contributed by atoms with Crippen LogP contribution in [0.25, 0.3) is 0 Å². The number of carboxylic acids is 1. The Morgan fingerprint density at radius 3 is 2.52 bits per heavy atom. The molecule has 1 heterocycles. The number of Topliss-reactive ketones (excluding diaryl/α,β-unsaturated/α-hetero) is 1. The van der Waals surface area contributed by atoms with E-state index in [9.17, 15) is 24.3 Å². The van der Waals surface area contributed by atoms with Crippen molar-refractivity contribution in [3.05, 3.63) is 11.6 Å². The maximum Gasteiger partial charge on any atom is 0.338 e. The molecule has 7 heteroatoms. The van der Waals surface area contributed by atoms with Crippen molar-refractivity contribution in [2.24, 2.45) is 11.3 Å². The third-order valence-corrected chi connectivity index (χ3v) is 5.24. The number of alkyl halides is 1. The molecule has 6 nitrogen and oxygen atoms in total. The molecule has 2 atom stereocenters. The van der Waals surface area contributed by atoms with Crippen LogP contribution < -0.4 is 5.32 Å². The Morgan fingerprint density at radius 1 is 1.35 bits per heavy atom. The number of carbonyl (C=O) groups is 4. The summed E-state index contributed by atoms with van der Waals surface area (Å²) in [6.45, 7) is 3.17. The molecule has 2 rings (SSSR count). The fraction of sp³-hybridized carbons (Fsp3) is 0.625. The zero-order valence-corrected chi connectivity index (χ0v) is 13.9. The number of allylic oxidation sites excluding steroid dienone is 1. The molecular formula is C16H20ClNO5. The van der Waals surface area contributed by atoms with Gasteiger partial charge in [-0.15, -0.1) is 11.6 Å². The fourth-order valence-electron chi connectivity index (χ4n) is 3.61. The lowest BCUT2D eigenvalue weighted by molar-refractivity contribution is -0.154. The number of carbonyl (C=O) groups excluding carboxylic acids is 3. The first kappa shape index (κ1) is 17.7. The first-order chi connectivity index (χ1) is 10.7. The molecule has 0 aromatic rings. The summed E-state index contributed by atoms with van der Waals surface area (Å²) in [5.41, 5.74) is -3.06. The highest BCUT2D eigenvalue weighted by Crippen LogP contribution is 2.48. The van der Waals surface area contributed by atoms with Crippen LogP contribution in [0.4, 0.5) is 0 Å². The van der Waals surface area contributed by atoms with Gasteiger partial charge in [0.25, 0.3) is 0 Å². The average Bonchev–Trinajstić information content (AvgIpc) is 2.67. The number of carboxylic acid groups (broad SMARTS) is 1. The molecule has 0 unspecified atom stereocenters. The number of ketones is 2. The Bertz CT molecular complexity index is 610. The second-order valence-electron chi connectivity index (χ2n) is 6.61. The molecule has 0 radical (unpaired) electrons. The molecule has 0 spiro atoms. The van der Waals surface area contributed by atoms with Crippen LogP contribution in [0.5, 0.6) is 0 Å². The lowest BCUT2D eigenvalue weighted by Gasteiger charge is -2.38. The predicted octanol–water partition coefficient (Wildman–Crippen LogP) is 1.46. The van der Waals surface area contributed by atoms with Gasteiger partial charge in [-0.05, 0) is 25.3 Å². The Hall–Kier alpha value is -1.69. The van der Waals surface area contributed by atoms with Gasteiger partial charge >= 0.3 is 5.97 Å². The minimum absolute atomic E-state index is 0.170. The largest absolute Gasteiger partial charge is 0.479 e. The van der Waals surface area contributed by atoms with Crippen molar-refractivity contribution >= 4 is 35.0 Å². The van der Waals surface area contributed by atoms with E-state index in [-0.39, 0.29) is 23.7 Å². The van der Waals surface area contributed by atoms with Crippen molar-refractivity contribution in [3.8, 4) is 0 Å². The zero-order valence-electron chi connectivity index (χ0n) is 13.1. The topological polar surface area (TPSA) is 101 Å². The molecule has 2 N–H and O–H groups in total. The molecule has 0 saturated carbocycles. The number of amides is 1. The number of rotatable bonds is 5. The highest BCUT2D eigenvalue weighted by Gasteiger charge is 2.67. The van der Waals surface area contributed by atoms with Crippen LogP contribution >= 0.6 is 11.6 Å². The van der Waals surface area contributed by atoms with Gasteiger partial charge in [-0.25, -0.2) is 4.79 Å². The molecule has 0 bridgehead atoms. The van der Waals surface area contributed by atoms with Gasteiger partial charge in [0.15, 0.2) is 11.6 Å². The summed E-state index contributed by atoms with van der Waals surface area (Å²) in [4.78, 5) is 48.8. The second-order valence-corrected chi connectivity index (χ2v) is 6.99. The molecule has 1 fully saturated rings. The van der Waals surface area contributed by atoms with E-state index < -0.39 is 34.5 Å². The Labute approximate surface area is 139 Å². The summed E-state index contributed by atoms with van der Waals surface area (Å²) >= 11 is 5.73. The van der Waals surface area contributed by atoms with Crippen LogP contribution in [0.1, 0.15) is 39.5 Å². The van der Waals surface area contributed by atoms with E-state index in [1.165, 1.54) is 6.08 Å². The van der Waals surface area contributed by atoms with Gasteiger partial charge in [-0.3, -0.25) is 14.4 Å². The van der Waals surface area contributed by atoms with Gasteiger partial charge in [-0.2, -0.15) is 0 Å². The molecule has 2 aliphatic rings. The van der Waals surface area contributed by atoms with Crippen LogP contribution in [0, 0.1) is 11.3 Å². The van der Waals surface area contributed by atoms with Crippen LogP contribution in [-0.2, 0) is 19.2 Å². The monoisotopic (exact) mass is 341 g/mol. The highest BCUT2D eigenvalue weighted by molar-refractivity contribution is 6.22. The number of aliphatic carboxylic acids is 1. The third-order valence-electron chi connectivity index (χ3n) is 5.02. The van der Waals surface area contributed by atoms with E-state index >= 15 is 0 Å². The molecular weight excluding hydrogens is 322 g/mol. The SMILES string of the molecule is CC1(C)[C@@H](CCCl)C(=O)N[C@]1(C(=O)O)C(=O)C1=CC(=O)CCC1. The van der Waals surface area contributed by atoms with E-state index in [1.54, 1.807) is 13.8 Å². The van der Waals surface area contributed by atoms with E-state index in [0.717, 1.165) is 0 Å². The maximum atomic E-state index is 13.0. The van der Waals surface area contributed by atoms with Gasteiger partial charge in [-0.1, -0.05) is 13.8 Å². The number of hydrogen-bond donors (Lipinski definition) is 2. The lowest BCUT2D eigenvalue weighted by Crippen LogP contribution is -2.63. The van der Waals surface area contributed by atoms with Crippen molar-refractivity contribution in [3.63, 3.8) is 0 Å². The maximum absolute atomic E-state index is 13.0. The zero-order chi connectivity index (χ0) is 17.4. The smallest absolute Gasteiger partial charge is 0.338 e. The van der Waals surface area contributed by atoms with E-state index in [2.05, 4.69) is 5.32 Å². The van der Waals surface area contributed by atoms with Crippen LogP contribution in [0.2, 0.25) is 0 Å². The van der Waals surface area contributed by atoms with Crippen molar-refractivity contribution in [2.45, 2.75) is 45.1 Å². The van der Waals surface area contributed by atoms with Gasteiger partial charge in [0.2, 0.25) is 11.4 Å². The van der Waals surface area contributed by atoms with Gasteiger partial charge < -0.3 is 10.4 Å². The average molecular weight is 342 g/mol. The minimum atomic E-state index is -2.07. The quantitative estimate of drug-likeness (QED) is 0.582. The molecule has 1 aliphatic heterocycles. The molecule has 126 valence electrons. The Balaban J connectivity index is 2.52. The van der Waals surface area contributed by atoms with Crippen LogP contribution in [0.3, 0.4) is 0 Å².